The van der Waals surface area contributed by atoms with Gasteiger partial charge in [0.25, 0.3) is 5.91 Å². The first-order valence-electron chi connectivity index (χ1n) is 9.76. The number of carbonyl (C=O) groups excluding carboxylic acids is 2. The molecule has 0 unspecified atom stereocenters. The maximum atomic E-state index is 13.3. The number of halogens is 1. The normalized spacial score (nSPS) is 13.0. The summed E-state index contributed by atoms with van der Waals surface area (Å²) in [4.78, 5) is 30.0. The third-order valence-electron chi connectivity index (χ3n) is 5.09. The van der Waals surface area contributed by atoms with Gasteiger partial charge in [0.15, 0.2) is 16.3 Å². The van der Waals surface area contributed by atoms with Crippen LogP contribution < -0.4 is 14.3 Å². The molecule has 3 heterocycles. The third-order valence-corrected chi connectivity index (χ3v) is 6.47. The van der Waals surface area contributed by atoms with E-state index in [0.717, 1.165) is 4.70 Å². The van der Waals surface area contributed by atoms with Crippen molar-refractivity contribution >= 4 is 45.0 Å². The minimum atomic E-state index is -0.575. The number of hydrogen-bond acceptors (Lipinski definition) is 8. The largest absolute Gasteiger partial charge is 0.468 e. The smallest absolute Gasteiger partial charge is 0.325 e. The van der Waals surface area contributed by atoms with Crippen LogP contribution in [0.4, 0.5) is 0 Å². The summed E-state index contributed by atoms with van der Waals surface area (Å²) in [6.45, 7) is 1.61. The highest BCUT2D eigenvalue weighted by Gasteiger charge is 2.24. The number of esters is 1. The molecule has 11 heteroatoms. The quantitative estimate of drug-likeness (QED) is 0.403. The number of aryl methyl sites for hydroxylation is 1. The molecule has 2 aromatic heterocycles. The number of rotatable bonds is 4. The summed E-state index contributed by atoms with van der Waals surface area (Å²) in [5.74, 6) is 0.378. The molecular weight excluding hydrogens is 470 g/mol. The summed E-state index contributed by atoms with van der Waals surface area (Å²) in [6, 6.07) is 10.6. The molecule has 1 aliphatic heterocycles. The fraction of sp³-hybridized carbons (Fsp3) is 0.182. The van der Waals surface area contributed by atoms with E-state index >= 15 is 0 Å². The maximum Gasteiger partial charge on any atom is 0.325 e. The zero-order valence-corrected chi connectivity index (χ0v) is 19.0. The number of ether oxygens (including phenoxy) is 3. The zero-order valence-electron chi connectivity index (χ0n) is 17.5. The Kier molecular flexibility index (Phi) is 5.39. The molecule has 5 rings (SSSR count). The molecular formula is C22H16ClN3O6S. The molecule has 0 N–H and O–H groups in total. The minimum absolute atomic E-state index is 0.122. The van der Waals surface area contributed by atoms with Crippen molar-refractivity contribution in [1.29, 1.82) is 0 Å². The lowest BCUT2D eigenvalue weighted by Gasteiger charge is -2.05. The van der Waals surface area contributed by atoms with E-state index in [1.807, 2.05) is 0 Å². The summed E-state index contributed by atoms with van der Waals surface area (Å²) < 4.78 is 23.4. The van der Waals surface area contributed by atoms with Crippen LogP contribution in [0.3, 0.4) is 0 Å². The van der Waals surface area contributed by atoms with Crippen LogP contribution in [0.2, 0.25) is 5.02 Å². The number of carbonyl (C=O) groups is 2. The highest BCUT2D eigenvalue weighted by Crippen LogP contribution is 2.37. The van der Waals surface area contributed by atoms with E-state index in [0.29, 0.717) is 43.9 Å². The lowest BCUT2D eigenvalue weighted by atomic mass is 10.1. The van der Waals surface area contributed by atoms with Gasteiger partial charge < -0.3 is 23.3 Å². The number of aromatic nitrogens is 2. The second kappa shape index (κ2) is 8.38. The van der Waals surface area contributed by atoms with E-state index in [1.165, 1.54) is 18.4 Å². The molecule has 0 aliphatic carbocycles. The first-order chi connectivity index (χ1) is 16.0. The summed E-state index contributed by atoms with van der Waals surface area (Å²) in [5.41, 5.74) is 1.71. The van der Waals surface area contributed by atoms with E-state index in [9.17, 15) is 9.59 Å². The molecule has 9 nitrogen and oxygen atoms in total. The predicted molar refractivity (Wildman–Crippen MR) is 120 cm³/mol. The molecule has 168 valence electrons. The Balaban J connectivity index is 1.66. The average Bonchev–Trinajstić information content (AvgIpc) is 3.50. The molecule has 0 bridgehead atoms. The van der Waals surface area contributed by atoms with Crippen LogP contribution in [0.1, 0.15) is 16.1 Å². The van der Waals surface area contributed by atoms with Gasteiger partial charge in [-0.05, 0) is 13.0 Å². The van der Waals surface area contributed by atoms with Crippen molar-refractivity contribution in [2.24, 2.45) is 4.99 Å². The van der Waals surface area contributed by atoms with Crippen molar-refractivity contribution in [3.63, 3.8) is 0 Å². The van der Waals surface area contributed by atoms with E-state index in [4.69, 9.17) is 30.3 Å². The lowest BCUT2D eigenvalue weighted by molar-refractivity contribution is -0.141. The minimum Gasteiger partial charge on any atom is -0.468 e. The number of methoxy groups -OCH3 is 1. The fourth-order valence-corrected chi connectivity index (χ4v) is 4.76. The molecule has 0 radical (unpaired) electrons. The topological polar surface area (TPSA) is 105 Å². The first kappa shape index (κ1) is 21.2. The van der Waals surface area contributed by atoms with Crippen molar-refractivity contribution in [3.05, 3.63) is 57.5 Å². The van der Waals surface area contributed by atoms with Crippen LogP contribution >= 0.6 is 22.9 Å². The number of nitrogens with zero attached hydrogens (tertiary/aromatic N) is 3. The number of hydrogen-bond donors (Lipinski definition) is 0. The number of fused-ring (bicyclic) bond motifs is 2. The standard InChI is InChI=1S/C22H16ClN3O6S/c1-11-19(20(25-32-11)12-5-3-4-6-13(12)23)21(28)24-22-26(9-18(27)29-2)14-7-15-16(31-10-30-15)8-17(14)33-22/h3-8H,9-10H2,1-2H3. The van der Waals surface area contributed by atoms with Crippen LogP contribution in [-0.2, 0) is 16.1 Å². The van der Waals surface area contributed by atoms with Crippen LogP contribution in [0.25, 0.3) is 21.5 Å². The molecule has 1 amide bonds. The Bertz CT molecular complexity index is 1490. The van der Waals surface area contributed by atoms with Gasteiger partial charge in [-0.25, -0.2) is 0 Å². The van der Waals surface area contributed by atoms with Gasteiger partial charge in [-0.1, -0.05) is 46.3 Å². The van der Waals surface area contributed by atoms with Crippen LogP contribution in [0.5, 0.6) is 11.5 Å². The Hall–Kier alpha value is -3.63. The van der Waals surface area contributed by atoms with Crippen LogP contribution in [0, 0.1) is 6.92 Å². The molecule has 0 spiro atoms. The second-order valence-electron chi connectivity index (χ2n) is 7.08. The molecule has 0 saturated heterocycles. The van der Waals surface area contributed by atoms with Gasteiger partial charge in [0.05, 0.1) is 22.3 Å². The summed E-state index contributed by atoms with van der Waals surface area (Å²) in [7, 11) is 1.30. The number of benzene rings is 2. The Morgan fingerprint density at radius 3 is 2.76 bits per heavy atom. The predicted octanol–water partition coefficient (Wildman–Crippen LogP) is 3.96. The molecule has 0 saturated carbocycles. The summed E-state index contributed by atoms with van der Waals surface area (Å²) in [6.07, 6.45) is 0. The zero-order chi connectivity index (χ0) is 23.1. The van der Waals surface area contributed by atoms with Crippen LogP contribution in [-0.4, -0.2) is 35.5 Å². The summed E-state index contributed by atoms with van der Waals surface area (Å²) in [5, 5.41) is 4.46. The lowest BCUT2D eigenvalue weighted by Crippen LogP contribution is -2.22. The van der Waals surface area contributed by atoms with E-state index < -0.39 is 11.9 Å². The monoisotopic (exact) mass is 485 g/mol. The highest BCUT2D eigenvalue weighted by atomic mass is 35.5. The van der Waals surface area contributed by atoms with Gasteiger partial charge in [0, 0.05) is 17.7 Å². The van der Waals surface area contributed by atoms with Crippen molar-refractivity contribution in [2.75, 3.05) is 13.9 Å². The first-order valence-corrected chi connectivity index (χ1v) is 11.0. The van der Waals surface area contributed by atoms with E-state index in [-0.39, 0.29) is 18.9 Å². The number of amides is 1. The van der Waals surface area contributed by atoms with Crippen LogP contribution in [0.15, 0.2) is 45.9 Å². The van der Waals surface area contributed by atoms with Crippen molar-refractivity contribution < 1.29 is 28.3 Å². The maximum absolute atomic E-state index is 13.3. The van der Waals surface area contributed by atoms with Crippen molar-refractivity contribution in [3.8, 4) is 22.8 Å². The average molecular weight is 486 g/mol. The van der Waals surface area contributed by atoms with Crippen molar-refractivity contribution in [2.45, 2.75) is 13.5 Å². The Morgan fingerprint density at radius 2 is 2.00 bits per heavy atom. The van der Waals surface area contributed by atoms with Gasteiger partial charge in [-0.3, -0.25) is 9.59 Å². The molecule has 33 heavy (non-hydrogen) atoms. The molecule has 2 aromatic carbocycles. The molecule has 1 aliphatic rings. The van der Waals surface area contributed by atoms with E-state index in [2.05, 4.69) is 10.1 Å². The van der Waals surface area contributed by atoms with Gasteiger partial charge in [0.2, 0.25) is 6.79 Å². The molecule has 0 atom stereocenters. The SMILES string of the molecule is COC(=O)Cn1c(=NC(=O)c2c(-c3ccccc3Cl)noc2C)sc2cc3c(cc21)OCO3. The number of thiazole rings is 1. The van der Waals surface area contributed by atoms with Gasteiger partial charge in [-0.2, -0.15) is 4.99 Å². The van der Waals surface area contributed by atoms with Gasteiger partial charge in [0.1, 0.15) is 23.6 Å². The highest BCUT2D eigenvalue weighted by molar-refractivity contribution is 7.16. The van der Waals surface area contributed by atoms with Gasteiger partial charge in [-0.15, -0.1) is 0 Å². The molecule has 4 aromatic rings. The fourth-order valence-electron chi connectivity index (χ4n) is 3.50. The third kappa shape index (κ3) is 3.77. The van der Waals surface area contributed by atoms with Gasteiger partial charge >= 0.3 is 5.97 Å². The Labute approximate surface area is 195 Å². The second-order valence-corrected chi connectivity index (χ2v) is 8.50. The van der Waals surface area contributed by atoms with E-state index in [1.54, 1.807) is 47.9 Å². The Morgan fingerprint density at radius 1 is 1.24 bits per heavy atom. The van der Waals surface area contributed by atoms with Crippen molar-refractivity contribution in [1.82, 2.24) is 9.72 Å². The summed E-state index contributed by atoms with van der Waals surface area (Å²) >= 11 is 7.54. The molecule has 0 fully saturated rings.